The van der Waals surface area contributed by atoms with Crippen molar-refractivity contribution in [3.05, 3.63) is 53.6 Å². The summed E-state index contributed by atoms with van der Waals surface area (Å²) < 4.78 is 5.11. The van der Waals surface area contributed by atoms with Gasteiger partial charge in [-0.05, 0) is 36.2 Å². The monoisotopic (exact) mass is 241 g/mol. The van der Waals surface area contributed by atoms with Gasteiger partial charge in [0, 0.05) is 5.56 Å². The first-order valence-electron chi connectivity index (χ1n) is 5.66. The van der Waals surface area contributed by atoms with Crippen molar-refractivity contribution in [3.8, 4) is 16.9 Å². The van der Waals surface area contributed by atoms with Crippen molar-refractivity contribution in [2.45, 2.75) is 6.92 Å². The summed E-state index contributed by atoms with van der Waals surface area (Å²) in [6, 6.07) is 13.2. The van der Waals surface area contributed by atoms with E-state index >= 15 is 0 Å². The van der Waals surface area contributed by atoms with Gasteiger partial charge in [0.15, 0.2) is 0 Å². The maximum Gasteiger partial charge on any atom is 0.249 e. The summed E-state index contributed by atoms with van der Waals surface area (Å²) >= 11 is 0. The molecule has 0 spiro atoms. The summed E-state index contributed by atoms with van der Waals surface area (Å²) in [5.74, 6) is 0.368. The van der Waals surface area contributed by atoms with Crippen molar-refractivity contribution in [1.82, 2.24) is 0 Å². The molecule has 0 fully saturated rings. The van der Waals surface area contributed by atoms with Crippen LogP contribution in [0.5, 0.6) is 5.75 Å². The Labute approximate surface area is 106 Å². The summed E-state index contributed by atoms with van der Waals surface area (Å²) in [4.78, 5) is 11.4. The number of primary amides is 1. The van der Waals surface area contributed by atoms with Crippen molar-refractivity contribution >= 4 is 5.91 Å². The predicted molar refractivity (Wildman–Crippen MR) is 71.7 cm³/mol. The van der Waals surface area contributed by atoms with E-state index in [1.807, 2.05) is 43.3 Å². The van der Waals surface area contributed by atoms with Crippen LogP contribution in [-0.4, -0.2) is 13.0 Å². The standard InChI is InChI=1S/C15H15NO2/c1-10-3-8-13(15(16)17)14(9-10)11-4-6-12(18-2)7-5-11/h3-9H,1-2H3,(H2,16,17). The summed E-state index contributed by atoms with van der Waals surface area (Å²) in [5.41, 5.74) is 8.82. The van der Waals surface area contributed by atoms with Gasteiger partial charge in [-0.25, -0.2) is 0 Å². The quantitative estimate of drug-likeness (QED) is 0.898. The van der Waals surface area contributed by atoms with E-state index in [1.54, 1.807) is 13.2 Å². The van der Waals surface area contributed by atoms with Crippen molar-refractivity contribution in [2.75, 3.05) is 7.11 Å². The second-order valence-electron chi connectivity index (χ2n) is 4.14. The number of amides is 1. The van der Waals surface area contributed by atoms with Gasteiger partial charge in [-0.1, -0.05) is 29.8 Å². The molecule has 1 amide bonds. The molecule has 2 aromatic rings. The Morgan fingerprint density at radius 3 is 2.33 bits per heavy atom. The van der Waals surface area contributed by atoms with Crippen LogP contribution in [0.15, 0.2) is 42.5 Å². The number of methoxy groups -OCH3 is 1. The van der Waals surface area contributed by atoms with E-state index in [0.29, 0.717) is 5.56 Å². The third-order valence-electron chi connectivity index (χ3n) is 2.84. The van der Waals surface area contributed by atoms with E-state index in [-0.39, 0.29) is 0 Å². The van der Waals surface area contributed by atoms with Gasteiger partial charge in [-0.3, -0.25) is 4.79 Å². The number of nitrogens with two attached hydrogens (primary N) is 1. The lowest BCUT2D eigenvalue weighted by atomic mass is 9.97. The lowest BCUT2D eigenvalue weighted by Gasteiger charge is -2.09. The fourth-order valence-corrected chi connectivity index (χ4v) is 1.88. The fourth-order valence-electron chi connectivity index (χ4n) is 1.88. The van der Waals surface area contributed by atoms with Crippen LogP contribution in [0.4, 0.5) is 0 Å². The molecule has 0 saturated heterocycles. The average Bonchev–Trinajstić information content (AvgIpc) is 2.38. The highest BCUT2D eigenvalue weighted by Gasteiger charge is 2.10. The highest BCUT2D eigenvalue weighted by Crippen LogP contribution is 2.26. The van der Waals surface area contributed by atoms with E-state index in [1.165, 1.54) is 0 Å². The van der Waals surface area contributed by atoms with Crippen molar-refractivity contribution in [3.63, 3.8) is 0 Å². The number of ether oxygens (including phenoxy) is 1. The Hall–Kier alpha value is -2.29. The maximum absolute atomic E-state index is 11.4. The van der Waals surface area contributed by atoms with Crippen molar-refractivity contribution in [1.29, 1.82) is 0 Å². The number of aryl methyl sites for hydroxylation is 1. The van der Waals surface area contributed by atoms with Crippen LogP contribution in [0.2, 0.25) is 0 Å². The van der Waals surface area contributed by atoms with Gasteiger partial charge in [0.1, 0.15) is 5.75 Å². The molecule has 0 aromatic heterocycles. The Balaban J connectivity index is 2.54. The molecular formula is C15H15NO2. The minimum absolute atomic E-state index is 0.416. The lowest BCUT2D eigenvalue weighted by Crippen LogP contribution is -2.12. The summed E-state index contributed by atoms with van der Waals surface area (Å²) in [7, 11) is 1.62. The first-order chi connectivity index (χ1) is 8.61. The van der Waals surface area contributed by atoms with Gasteiger partial charge in [-0.2, -0.15) is 0 Å². The number of carbonyl (C=O) groups excluding carboxylic acids is 1. The first kappa shape index (κ1) is 12.2. The minimum atomic E-state index is -0.416. The molecule has 0 unspecified atom stereocenters. The van der Waals surface area contributed by atoms with Gasteiger partial charge in [-0.15, -0.1) is 0 Å². The van der Waals surface area contributed by atoms with Crippen LogP contribution in [0, 0.1) is 6.92 Å². The zero-order valence-corrected chi connectivity index (χ0v) is 10.4. The Bertz CT molecular complexity index is 574. The summed E-state index contributed by atoms with van der Waals surface area (Å²) in [6.07, 6.45) is 0. The first-order valence-corrected chi connectivity index (χ1v) is 5.66. The molecule has 0 atom stereocenters. The zero-order valence-electron chi connectivity index (χ0n) is 10.4. The number of hydrogen-bond donors (Lipinski definition) is 1. The maximum atomic E-state index is 11.4. The topological polar surface area (TPSA) is 52.3 Å². The molecule has 2 aromatic carbocycles. The number of rotatable bonds is 3. The van der Waals surface area contributed by atoms with Gasteiger partial charge < -0.3 is 10.5 Å². The number of hydrogen-bond acceptors (Lipinski definition) is 2. The fraction of sp³-hybridized carbons (Fsp3) is 0.133. The normalized spacial score (nSPS) is 10.1. The second kappa shape index (κ2) is 4.92. The number of carbonyl (C=O) groups is 1. The third kappa shape index (κ3) is 2.35. The highest BCUT2D eigenvalue weighted by molar-refractivity contribution is 6.00. The molecule has 0 heterocycles. The molecule has 0 bridgehead atoms. The molecular weight excluding hydrogens is 226 g/mol. The number of benzene rings is 2. The van der Waals surface area contributed by atoms with Crippen LogP contribution in [0.3, 0.4) is 0 Å². The SMILES string of the molecule is COc1ccc(-c2cc(C)ccc2C(N)=O)cc1. The van der Waals surface area contributed by atoms with Crippen LogP contribution in [0.1, 0.15) is 15.9 Å². The van der Waals surface area contributed by atoms with Gasteiger partial charge in [0.05, 0.1) is 7.11 Å². The van der Waals surface area contributed by atoms with Crippen LogP contribution in [-0.2, 0) is 0 Å². The third-order valence-corrected chi connectivity index (χ3v) is 2.84. The smallest absolute Gasteiger partial charge is 0.249 e. The highest BCUT2D eigenvalue weighted by atomic mass is 16.5. The summed E-state index contributed by atoms with van der Waals surface area (Å²) in [6.45, 7) is 1.98. The van der Waals surface area contributed by atoms with Crippen LogP contribution < -0.4 is 10.5 Å². The largest absolute Gasteiger partial charge is 0.497 e. The molecule has 0 aliphatic rings. The Morgan fingerprint density at radius 2 is 1.78 bits per heavy atom. The van der Waals surface area contributed by atoms with E-state index in [9.17, 15) is 4.79 Å². The van der Waals surface area contributed by atoms with E-state index in [4.69, 9.17) is 10.5 Å². The molecule has 18 heavy (non-hydrogen) atoms. The Kier molecular flexibility index (Phi) is 3.33. The molecule has 0 saturated carbocycles. The van der Waals surface area contributed by atoms with Gasteiger partial charge in [0.25, 0.3) is 0 Å². The van der Waals surface area contributed by atoms with E-state index in [0.717, 1.165) is 22.4 Å². The molecule has 0 radical (unpaired) electrons. The molecule has 2 N–H and O–H groups in total. The minimum Gasteiger partial charge on any atom is -0.497 e. The predicted octanol–water partition coefficient (Wildman–Crippen LogP) is 2.77. The van der Waals surface area contributed by atoms with Crippen molar-refractivity contribution < 1.29 is 9.53 Å². The molecule has 92 valence electrons. The van der Waals surface area contributed by atoms with Gasteiger partial charge in [0.2, 0.25) is 5.91 Å². The van der Waals surface area contributed by atoms with Gasteiger partial charge >= 0.3 is 0 Å². The zero-order chi connectivity index (χ0) is 13.1. The lowest BCUT2D eigenvalue weighted by molar-refractivity contribution is 0.100. The Morgan fingerprint density at radius 1 is 1.11 bits per heavy atom. The summed E-state index contributed by atoms with van der Waals surface area (Å²) in [5, 5.41) is 0. The van der Waals surface area contributed by atoms with E-state index < -0.39 is 5.91 Å². The molecule has 3 nitrogen and oxygen atoms in total. The van der Waals surface area contributed by atoms with Crippen LogP contribution in [0.25, 0.3) is 11.1 Å². The molecule has 0 aliphatic heterocycles. The molecule has 2 rings (SSSR count). The van der Waals surface area contributed by atoms with E-state index in [2.05, 4.69) is 0 Å². The van der Waals surface area contributed by atoms with Crippen molar-refractivity contribution in [2.24, 2.45) is 5.73 Å². The molecule has 3 heteroatoms. The average molecular weight is 241 g/mol. The van der Waals surface area contributed by atoms with Crippen LogP contribution >= 0.6 is 0 Å². The second-order valence-corrected chi connectivity index (χ2v) is 4.14. The molecule has 0 aliphatic carbocycles.